The lowest BCUT2D eigenvalue weighted by Crippen LogP contribution is -2.53. The Labute approximate surface area is 387 Å². The van der Waals surface area contributed by atoms with Crippen LogP contribution in [0.3, 0.4) is 0 Å². The Morgan fingerprint density at radius 2 is 1.74 bits per heavy atom. The highest BCUT2D eigenvalue weighted by atomic mass is 35.5. The van der Waals surface area contributed by atoms with Crippen LogP contribution >= 0.6 is 11.6 Å². The van der Waals surface area contributed by atoms with Crippen molar-refractivity contribution < 1.29 is 24.1 Å². The largest absolute Gasteiger partial charge is 0.496 e. The number of hydrogen-bond donors (Lipinski definition) is 2. The first-order chi connectivity index (χ1) is 31.6. The number of nitrogens with one attached hydrogen (secondary N) is 1. The van der Waals surface area contributed by atoms with Crippen molar-refractivity contribution in [2.24, 2.45) is 11.8 Å². The van der Waals surface area contributed by atoms with E-state index in [0.717, 1.165) is 83.8 Å². The van der Waals surface area contributed by atoms with Crippen molar-refractivity contribution in [1.29, 1.82) is 0 Å². The summed E-state index contributed by atoms with van der Waals surface area (Å²) < 4.78 is 18.7. The minimum Gasteiger partial charge on any atom is -0.496 e. The number of rotatable bonds is 15. The highest BCUT2D eigenvalue weighted by Gasteiger charge is 2.54. The Morgan fingerprint density at radius 1 is 0.908 bits per heavy atom. The molecule has 0 unspecified atom stereocenters. The van der Waals surface area contributed by atoms with E-state index >= 15 is 0 Å². The van der Waals surface area contributed by atoms with Gasteiger partial charge in [0.15, 0.2) is 5.82 Å². The van der Waals surface area contributed by atoms with Gasteiger partial charge in [0, 0.05) is 39.9 Å². The average molecular weight is 890 g/mol. The van der Waals surface area contributed by atoms with Gasteiger partial charge < -0.3 is 24.6 Å². The Kier molecular flexibility index (Phi) is 12.9. The van der Waals surface area contributed by atoms with Crippen molar-refractivity contribution in [3.63, 3.8) is 0 Å². The van der Waals surface area contributed by atoms with E-state index in [1.165, 1.54) is 28.8 Å². The summed E-state index contributed by atoms with van der Waals surface area (Å²) in [5.41, 5.74) is 8.33. The van der Waals surface area contributed by atoms with Gasteiger partial charge in [0.2, 0.25) is 0 Å². The van der Waals surface area contributed by atoms with E-state index in [1.807, 2.05) is 97.2 Å². The van der Waals surface area contributed by atoms with Crippen molar-refractivity contribution in [2.45, 2.75) is 95.1 Å². The lowest BCUT2D eigenvalue weighted by molar-refractivity contribution is -0.144. The van der Waals surface area contributed by atoms with Crippen LogP contribution < -0.4 is 19.5 Å². The summed E-state index contributed by atoms with van der Waals surface area (Å²) in [6, 6.07) is 34.0. The summed E-state index contributed by atoms with van der Waals surface area (Å²) in [4.78, 5) is 27.1. The quantitative estimate of drug-likeness (QED) is 0.104. The van der Waals surface area contributed by atoms with Crippen molar-refractivity contribution in [3.8, 4) is 28.5 Å². The number of aromatic nitrogens is 3. The molecule has 3 aliphatic carbocycles. The number of hydrogen-bond acceptors (Lipinski definition) is 8. The zero-order chi connectivity index (χ0) is 45.0. The highest BCUT2D eigenvalue weighted by molar-refractivity contribution is 6.30. The summed E-state index contributed by atoms with van der Waals surface area (Å²) in [6.45, 7) is 5.61. The minimum atomic E-state index is -1.10. The minimum absolute atomic E-state index is 0.186. The molecule has 2 heterocycles. The highest BCUT2D eigenvalue weighted by Crippen LogP contribution is 2.56. The molecule has 9 nitrogen and oxygen atoms in total. The average Bonchev–Trinajstić information content (AvgIpc) is 3.61. The molecule has 10 heteroatoms. The third-order valence-corrected chi connectivity index (χ3v) is 14.3. The van der Waals surface area contributed by atoms with E-state index in [0.29, 0.717) is 48.7 Å². The number of carbonyl (C=O) groups is 1. The van der Waals surface area contributed by atoms with E-state index in [2.05, 4.69) is 42.3 Å². The molecule has 6 aromatic rings. The molecule has 1 saturated carbocycles. The first-order valence-corrected chi connectivity index (χ1v) is 23.4. The summed E-state index contributed by atoms with van der Waals surface area (Å²) in [7, 11) is 1.66. The number of pyridine rings is 1. The number of aryl methyl sites for hydroxylation is 1. The van der Waals surface area contributed by atoms with Crippen LogP contribution in [0.25, 0.3) is 23.4 Å². The second-order valence-electron chi connectivity index (χ2n) is 18.4. The molecule has 0 radical (unpaired) electrons. The van der Waals surface area contributed by atoms with Crippen LogP contribution in [0.1, 0.15) is 104 Å². The number of carboxylic acid groups (broad SMARTS) is 1. The molecule has 1 spiro atoms. The van der Waals surface area contributed by atoms with Crippen LogP contribution in [-0.2, 0) is 29.7 Å². The molecule has 2 N–H and O–H groups in total. The zero-order valence-corrected chi connectivity index (χ0v) is 38.2. The van der Waals surface area contributed by atoms with Gasteiger partial charge in [-0.2, -0.15) is 0 Å². The zero-order valence-electron chi connectivity index (χ0n) is 37.4. The van der Waals surface area contributed by atoms with E-state index in [9.17, 15) is 9.90 Å². The van der Waals surface area contributed by atoms with Gasteiger partial charge >= 0.3 is 5.97 Å². The molecular formula is C55H57ClN4O5. The summed E-state index contributed by atoms with van der Waals surface area (Å²) in [5.74, 6) is 3.33. The molecule has 334 valence electrons. The molecule has 0 bridgehead atoms. The molecule has 3 aliphatic rings. The molecular weight excluding hydrogens is 832 g/mol. The number of nitrogens with zero attached hydrogens (tertiary/aromatic N) is 3. The Morgan fingerprint density at radius 3 is 2.57 bits per heavy atom. The second-order valence-corrected chi connectivity index (χ2v) is 18.8. The number of anilines is 1. The number of carboxylic acids is 1. The number of fused-ring (bicyclic) bond motifs is 3. The molecule has 0 aliphatic heterocycles. The Bertz CT molecular complexity index is 2690. The smallest absolute Gasteiger partial charge is 0.329 e. The van der Waals surface area contributed by atoms with Gasteiger partial charge in [-0.1, -0.05) is 80.1 Å². The maximum absolute atomic E-state index is 13.2. The number of methoxy groups -OCH3 is 1. The van der Waals surface area contributed by atoms with Crippen molar-refractivity contribution in [1.82, 2.24) is 15.0 Å². The van der Waals surface area contributed by atoms with Gasteiger partial charge in [0.25, 0.3) is 0 Å². The normalized spacial score (nSPS) is 21.7. The number of aliphatic carboxylic acids is 1. The molecule has 0 saturated heterocycles. The van der Waals surface area contributed by atoms with Gasteiger partial charge in [-0.05, 0) is 164 Å². The van der Waals surface area contributed by atoms with E-state index < -0.39 is 11.5 Å². The Hall–Kier alpha value is -6.19. The van der Waals surface area contributed by atoms with Gasteiger partial charge in [0.1, 0.15) is 29.4 Å². The summed E-state index contributed by atoms with van der Waals surface area (Å²) in [6.07, 6.45) is 15.3. The van der Waals surface area contributed by atoms with Crippen LogP contribution in [-0.4, -0.2) is 45.3 Å². The molecule has 0 amide bonds. The molecule has 2 aromatic heterocycles. The predicted molar refractivity (Wildman–Crippen MR) is 258 cm³/mol. The van der Waals surface area contributed by atoms with Crippen molar-refractivity contribution in [3.05, 3.63) is 160 Å². The van der Waals surface area contributed by atoms with Crippen molar-refractivity contribution in [2.75, 3.05) is 19.0 Å². The number of para-hydroxylation sites is 1. The number of ether oxygens (including phenoxy) is 3. The Balaban J connectivity index is 0.927. The fourth-order valence-corrected chi connectivity index (χ4v) is 10.9. The van der Waals surface area contributed by atoms with E-state index in [-0.39, 0.29) is 11.3 Å². The second kappa shape index (κ2) is 19.1. The molecule has 65 heavy (non-hydrogen) atoms. The van der Waals surface area contributed by atoms with E-state index in [4.69, 9.17) is 35.8 Å². The first-order valence-electron chi connectivity index (χ1n) is 23.0. The molecule has 1 fully saturated rings. The molecule has 3 atom stereocenters. The topological polar surface area (TPSA) is 116 Å². The van der Waals surface area contributed by atoms with E-state index in [1.54, 1.807) is 19.4 Å². The number of halogens is 1. The first kappa shape index (κ1) is 44.0. The van der Waals surface area contributed by atoms with Gasteiger partial charge in [0.05, 0.1) is 19.4 Å². The third kappa shape index (κ3) is 9.48. The van der Waals surface area contributed by atoms with Crippen LogP contribution in [0.4, 0.5) is 5.69 Å². The number of benzene rings is 4. The lowest BCUT2D eigenvalue weighted by atomic mass is 9.59. The fraction of sp³-hybridized carbons (Fsp3) is 0.345. The SMILES string of the molecule is COc1ccccc1-c1ccnc(/C=C/c2cccc(OCc3ccc4c(c3)C3(CCC(Nc5cccc(Cl)c5)(C(=O)O)CC3)[C@@H](C[C@@H](C)COc3ccnc5c3[C@H](C)CCC5)C4)c2)n1. The van der Waals surface area contributed by atoms with Gasteiger partial charge in [-0.3, -0.25) is 4.98 Å². The van der Waals surface area contributed by atoms with Crippen LogP contribution in [0, 0.1) is 11.8 Å². The summed E-state index contributed by atoms with van der Waals surface area (Å²) in [5, 5.41) is 14.8. The molecule has 9 rings (SSSR count). The monoisotopic (exact) mass is 888 g/mol. The molecule has 4 aromatic carbocycles. The fourth-order valence-electron chi connectivity index (χ4n) is 10.7. The standard InChI is InChI=1S/C55H57ClN4O5/c1-36(34-65-50-22-28-57-48-15-6-9-37(2)52(48)50)29-41-32-40-19-17-39(31-46(40)54(41)23-25-55(26-24-54,53(61)62)60-43-12-8-11-42(56)33-43)35-64-44-13-7-10-38(30-44)18-20-51-58-27-21-47(59-51)45-14-4-5-16-49(45)63-3/h4-5,7-8,10-14,16-22,27-28,30-31,33,36-37,41,60H,6,9,15,23-26,29,32,34-35H2,1-3H3,(H,61,62)/b20-18+/t36-,37-,41+,54?,55?/m1/s1. The van der Waals surface area contributed by atoms with Crippen molar-refractivity contribution >= 4 is 35.4 Å². The third-order valence-electron chi connectivity index (χ3n) is 14.1. The van der Waals surface area contributed by atoms with Gasteiger partial charge in [-0.25, -0.2) is 14.8 Å². The van der Waals surface area contributed by atoms with Crippen LogP contribution in [0.2, 0.25) is 5.02 Å². The van der Waals surface area contributed by atoms with Crippen LogP contribution in [0.5, 0.6) is 17.2 Å². The summed E-state index contributed by atoms with van der Waals surface area (Å²) >= 11 is 6.35. The predicted octanol–water partition coefficient (Wildman–Crippen LogP) is 12.4. The maximum Gasteiger partial charge on any atom is 0.329 e. The van der Waals surface area contributed by atoms with Gasteiger partial charge in [-0.15, -0.1) is 0 Å². The maximum atomic E-state index is 13.2. The lowest BCUT2D eigenvalue weighted by Gasteiger charge is -2.47. The van der Waals surface area contributed by atoms with Crippen LogP contribution in [0.15, 0.2) is 116 Å².